The maximum atomic E-state index is 5.74. The summed E-state index contributed by atoms with van der Waals surface area (Å²) >= 11 is 0. The van der Waals surface area contributed by atoms with Crippen LogP contribution in [0.5, 0.6) is 5.88 Å². The highest BCUT2D eigenvalue weighted by Gasteiger charge is 2.15. The van der Waals surface area contributed by atoms with Crippen LogP contribution in [0, 0.1) is 5.92 Å². The third-order valence-corrected chi connectivity index (χ3v) is 4.26. The maximum absolute atomic E-state index is 5.74. The predicted molar refractivity (Wildman–Crippen MR) is 109 cm³/mol. The first-order valence-corrected chi connectivity index (χ1v) is 10.1. The van der Waals surface area contributed by atoms with E-state index in [1.807, 2.05) is 19.1 Å². The van der Waals surface area contributed by atoms with E-state index in [0.717, 1.165) is 63.9 Å². The highest BCUT2D eigenvalue weighted by atomic mass is 16.5. The molecule has 2 rings (SSSR count). The summed E-state index contributed by atoms with van der Waals surface area (Å²) in [6.07, 6.45) is 3.76. The molecule has 158 valence electrons. The van der Waals surface area contributed by atoms with Gasteiger partial charge in [-0.1, -0.05) is 6.07 Å². The van der Waals surface area contributed by atoms with E-state index in [-0.39, 0.29) is 0 Å². The molecule has 0 saturated carbocycles. The molecule has 0 radical (unpaired) electrons. The van der Waals surface area contributed by atoms with Gasteiger partial charge in [0.2, 0.25) is 5.88 Å². The average Bonchev–Trinajstić information content (AvgIpc) is 3.23. The van der Waals surface area contributed by atoms with Crippen molar-refractivity contribution >= 4 is 5.96 Å². The maximum Gasteiger partial charge on any atom is 0.218 e. The van der Waals surface area contributed by atoms with Gasteiger partial charge in [0.1, 0.15) is 6.61 Å². The zero-order valence-electron chi connectivity index (χ0n) is 17.1. The molecular weight excluding hydrogens is 360 g/mol. The molecule has 1 aliphatic heterocycles. The van der Waals surface area contributed by atoms with Crippen molar-refractivity contribution in [2.24, 2.45) is 10.9 Å². The first kappa shape index (κ1) is 22.4. The highest BCUT2D eigenvalue weighted by molar-refractivity contribution is 5.79. The molecule has 0 aromatic carbocycles. The summed E-state index contributed by atoms with van der Waals surface area (Å²) in [6.45, 7) is 8.37. The molecule has 1 saturated heterocycles. The third-order valence-electron chi connectivity index (χ3n) is 4.26. The average molecular weight is 395 g/mol. The van der Waals surface area contributed by atoms with Crippen LogP contribution in [0.25, 0.3) is 0 Å². The van der Waals surface area contributed by atoms with Gasteiger partial charge in [0.05, 0.1) is 26.4 Å². The van der Waals surface area contributed by atoms with Crippen LogP contribution in [0.2, 0.25) is 0 Å². The van der Waals surface area contributed by atoms with E-state index in [0.29, 0.717) is 31.6 Å². The molecule has 8 heteroatoms. The Morgan fingerprint density at radius 2 is 2.25 bits per heavy atom. The Morgan fingerprint density at radius 3 is 3.04 bits per heavy atom. The van der Waals surface area contributed by atoms with E-state index < -0.39 is 0 Å². The second-order valence-electron chi connectivity index (χ2n) is 6.59. The summed E-state index contributed by atoms with van der Waals surface area (Å²) in [5.74, 6) is 1.94. The minimum Gasteiger partial charge on any atom is -0.475 e. The molecule has 0 aliphatic carbocycles. The molecule has 1 atom stereocenters. The number of hydrogen-bond donors (Lipinski definition) is 2. The fourth-order valence-corrected chi connectivity index (χ4v) is 2.75. The summed E-state index contributed by atoms with van der Waals surface area (Å²) in [5, 5.41) is 6.60. The predicted octanol–water partition coefficient (Wildman–Crippen LogP) is 1.61. The Morgan fingerprint density at radius 1 is 1.32 bits per heavy atom. The van der Waals surface area contributed by atoms with E-state index in [4.69, 9.17) is 18.9 Å². The third kappa shape index (κ3) is 8.86. The number of ether oxygens (including phenoxy) is 4. The lowest BCUT2D eigenvalue weighted by molar-refractivity contribution is 0.0888. The lowest BCUT2D eigenvalue weighted by Crippen LogP contribution is -2.38. The monoisotopic (exact) mass is 394 g/mol. The summed E-state index contributed by atoms with van der Waals surface area (Å²) < 4.78 is 21.8. The Hall–Kier alpha value is -1.90. The van der Waals surface area contributed by atoms with Crippen molar-refractivity contribution in [3.63, 3.8) is 0 Å². The molecular formula is C20H34N4O4. The summed E-state index contributed by atoms with van der Waals surface area (Å²) in [5.41, 5.74) is 0.943. The van der Waals surface area contributed by atoms with E-state index in [9.17, 15) is 0 Å². The second-order valence-corrected chi connectivity index (χ2v) is 6.59. The normalized spacial score (nSPS) is 16.9. The fraction of sp³-hybridized carbons (Fsp3) is 0.700. The van der Waals surface area contributed by atoms with Crippen molar-refractivity contribution in [1.29, 1.82) is 0 Å². The summed E-state index contributed by atoms with van der Waals surface area (Å²) in [6, 6.07) is 3.86. The van der Waals surface area contributed by atoms with E-state index in [2.05, 4.69) is 20.6 Å². The van der Waals surface area contributed by atoms with Gasteiger partial charge in [-0.2, -0.15) is 0 Å². The van der Waals surface area contributed by atoms with Gasteiger partial charge in [-0.05, 0) is 25.8 Å². The van der Waals surface area contributed by atoms with Crippen molar-refractivity contribution in [3.8, 4) is 5.88 Å². The Kier molecular flexibility index (Phi) is 11.3. The molecule has 1 unspecified atom stereocenters. The highest BCUT2D eigenvalue weighted by Crippen LogP contribution is 2.15. The zero-order chi connectivity index (χ0) is 19.9. The number of guanidine groups is 1. The van der Waals surface area contributed by atoms with Crippen LogP contribution in [0.1, 0.15) is 25.3 Å². The van der Waals surface area contributed by atoms with Crippen LogP contribution in [-0.2, 0) is 20.8 Å². The second kappa shape index (κ2) is 14.1. The molecule has 2 heterocycles. The minimum absolute atomic E-state index is 0.468. The molecule has 0 bridgehead atoms. The van der Waals surface area contributed by atoms with Gasteiger partial charge >= 0.3 is 0 Å². The lowest BCUT2D eigenvalue weighted by Gasteiger charge is -2.13. The van der Waals surface area contributed by atoms with E-state index in [1.54, 1.807) is 13.3 Å². The smallest absolute Gasteiger partial charge is 0.218 e. The number of hydrogen-bond acceptors (Lipinski definition) is 6. The minimum atomic E-state index is 0.468. The number of rotatable bonds is 13. The zero-order valence-corrected chi connectivity index (χ0v) is 17.1. The molecule has 1 aliphatic rings. The largest absolute Gasteiger partial charge is 0.475 e. The van der Waals surface area contributed by atoms with Crippen molar-refractivity contribution in [2.45, 2.75) is 26.3 Å². The van der Waals surface area contributed by atoms with Gasteiger partial charge in [-0.3, -0.25) is 0 Å². The van der Waals surface area contributed by atoms with Gasteiger partial charge in [0.25, 0.3) is 0 Å². The molecule has 0 spiro atoms. The SMILES string of the molecule is CCNC(=NCc1cccnc1OCCOC)NCCCOCC1CCOC1. The van der Waals surface area contributed by atoms with Crippen LogP contribution >= 0.6 is 0 Å². The van der Waals surface area contributed by atoms with Crippen molar-refractivity contribution in [2.75, 3.05) is 59.8 Å². The van der Waals surface area contributed by atoms with Crippen molar-refractivity contribution in [1.82, 2.24) is 15.6 Å². The van der Waals surface area contributed by atoms with Gasteiger partial charge < -0.3 is 29.6 Å². The number of nitrogens with one attached hydrogen (secondary N) is 2. The van der Waals surface area contributed by atoms with Gasteiger partial charge in [-0.25, -0.2) is 9.98 Å². The van der Waals surface area contributed by atoms with E-state index in [1.165, 1.54) is 0 Å². The quantitative estimate of drug-likeness (QED) is 0.299. The number of pyridine rings is 1. The molecule has 0 amide bonds. The molecule has 2 N–H and O–H groups in total. The van der Waals surface area contributed by atoms with Crippen LogP contribution in [0.15, 0.2) is 23.3 Å². The van der Waals surface area contributed by atoms with Gasteiger partial charge in [0, 0.05) is 51.1 Å². The molecule has 1 aromatic heterocycles. The molecule has 1 fully saturated rings. The van der Waals surface area contributed by atoms with E-state index >= 15 is 0 Å². The fourth-order valence-electron chi connectivity index (χ4n) is 2.75. The Bertz CT molecular complexity index is 565. The van der Waals surface area contributed by atoms with Crippen LogP contribution < -0.4 is 15.4 Å². The van der Waals surface area contributed by atoms with Crippen LogP contribution in [-0.4, -0.2) is 70.8 Å². The lowest BCUT2D eigenvalue weighted by atomic mass is 10.1. The number of aliphatic imine (C=N–C) groups is 1. The topological polar surface area (TPSA) is 86.2 Å². The van der Waals surface area contributed by atoms with Gasteiger partial charge in [-0.15, -0.1) is 0 Å². The van der Waals surface area contributed by atoms with Crippen LogP contribution in [0.3, 0.4) is 0 Å². The van der Waals surface area contributed by atoms with Crippen molar-refractivity contribution in [3.05, 3.63) is 23.9 Å². The van der Waals surface area contributed by atoms with Crippen LogP contribution in [0.4, 0.5) is 0 Å². The standard InChI is InChI=1S/C20H34N4O4/c1-3-21-20(23-9-5-10-26-15-17-7-11-27-16-17)24-14-18-6-4-8-22-19(18)28-13-12-25-2/h4,6,8,17H,3,5,7,9-16H2,1-2H3,(H2,21,23,24). The number of methoxy groups -OCH3 is 1. The number of aromatic nitrogens is 1. The first-order valence-electron chi connectivity index (χ1n) is 10.1. The Labute approximate surface area is 168 Å². The summed E-state index contributed by atoms with van der Waals surface area (Å²) in [4.78, 5) is 8.93. The molecule has 1 aromatic rings. The van der Waals surface area contributed by atoms with Gasteiger partial charge in [0.15, 0.2) is 5.96 Å². The summed E-state index contributed by atoms with van der Waals surface area (Å²) in [7, 11) is 1.65. The Balaban J connectivity index is 1.72. The van der Waals surface area contributed by atoms with Crippen molar-refractivity contribution < 1.29 is 18.9 Å². The molecule has 8 nitrogen and oxygen atoms in total. The first-order chi connectivity index (χ1) is 13.8. The number of nitrogens with zero attached hydrogens (tertiary/aromatic N) is 2. The molecule has 28 heavy (non-hydrogen) atoms.